The number of anilines is 1. The van der Waals surface area contributed by atoms with Crippen molar-refractivity contribution in [3.8, 4) is 0 Å². The maximum atomic E-state index is 5.22. The second kappa shape index (κ2) is 7.01. The predicted molar refractivity (Wildman–Crippen MR) is 80.6 cm³/mol. The third kappa shape index (κ3) is 3.78. The molecule has 0 spiro atoms. The smallest absolute Gasteiger partial charge is 0.129 e. The van der Waals surface area contributed by atoms with Crippen molar-refractivity contribution < 1.29 is 4.74 Å². The van der Waals surface area contributed by atoms with Gasteiger partial charge in [-0.3, -0.25) is 0 Å². The normalized spacial score (nSPS) is 10.8. The van der Waals surface area contributed by atoms with Crippen molar-refractivity contribution >= 4 is 5.82 Å². The molecule has 0 saturated heterocycles. The summed E-state index contributed by atoms with van der Waals surface area (Å²) in [6.07, 6.45) is 1.61. The summed E-state index contributed by atoms with van der Waals surface area (Å²) in [5.74, 6) is 1.26. The average molecular weight is 271 g/mol. The lowest BCUT2D eigenvalue weighted by Crippen LogP contribution is -2.06. The molecular formula is C16H21N3O. The number of benzene rings is 1. The van der Waals surface area contributed by atoms with Gasteiger partial charge in [-0.05, 0) is 17.0 Å². The molecule has 0 aliphatic heterocycles. The highest BCUT2D eigenvalue weighted by atomic mass is 16.5. The highest BCUT2D eigenvalue weighted by Crippen LogP contribution is 2.16. The molecule has 0 fully saturated rings. The van der Waals surface area contributed by atoms with Gasteiger partial charge in [0.25, 0.3) is 0 Å². The SMILES string of the molecule is COCc1ccccc1CNc1cc(C(C)C)ncn1. The van der Waals surface area contributed by atoms with Gasteiger partial charge in [-0.15, -0.1) is 0 Å². The van der Waals surface area contributed by atoms with Gasteiger partial charge in [-0.25, -0.2) is 9.97 Å². The monoisotopic (exact) mass is 271 g/mol. The maximum absolute atomic E-state index is 5.22. The third-order valence-electron chi connectivity index (χ3n) is 3.16. The second-order valence-electron chi connectivity index (χ2n) is 5.04. The lowest BCUT2D eigenvalue weighted by Gasteiger charge is -2.11. The van der Waals surface area contributed by atoms with Crippen LogP contribution in [0.25, 0.3) is 0 Å². The van der Waals surface area contributed by atoms with Crippen molar-refractivity contribution in [2.75, 3.05) is 12.4 Å². The van der Waals surface area contributed by atoms with Crippen molar-refractivity contribution in [1.29, 1.82) is 0 Å². The quantitative estimate of drug-likeness (QED) is 0.875. The van der Waals surface area contributed by atoms with Gasteiger partial charge in [0.1, 0.15) is 12.1 Å². The van der Waals surface area contributed by atoms with Crippen LogP contribution in [0.4, 0.5) is 5.82 Å². The minimum Gasteiger partial charge on any atom is -0.380 e. The van der Waals surface area contributed by atoms with E-state index in [4.69, 9.17) is 4.74 Å². The van der Waals surface area contributed by atoms with Gasteiger partial charge in [0.05, 0.1) is 6.61 Å². The molecule has 0 saturated carbocycles. The van der Waals surface area contributed by atoms with E-state index in [0.29, 0.717) is 12.5 Å². The van der Waals surface area contributed by atoms with Gasteiger partial charge in [0, 0.05) is 25.4 Å². The van der Waals surface area contributed by atoms with E-state index in [9.17, 15) is 0 Å². The first-order valence-electron chi connectivity index (χ1n) is 6.82. The molecule has 0 unspecified atom stereocenters. The molecule has 1 heterocycles. The number of ether oxygens (including phenoxy) is 1. The predicted octanol–water partition coefficient (Wildman–Crippen LogP) is 3.36. The van der Waals surface area contributed by atoms with Crippen LogP contribution in [0.15, 0.2) is 36.7 Å². The topological polar surface area (TPSA) is 47.0 Å². The Labute approximate surface area is 120 Å². The zero-order valence-corrected chi connectivity index (χ0v) is 12.3. The first kappa shape index (κ1) is 14.5. The first-order chi connectivity index (χ1) is 9.70. The zero-order valence-electron chi connectivity index (χ0n) is 12.3. The second-order valence-corrected chi connectivity index (χ2v) is 5.04. The number of nitrogens with one attached hydrogen (secondary N) is 1. The van der Waals surface area contributed by atoms with Crippen LogP contribution in [0.5, 0.6) is 0 Å². The van der Waals surface area contributed by atoms with Gasteiger partial charge < -0.3 is 10.1 Å². The van der Waals surface area contributed by atoms with E-state index in [2.05, 4.69) is 41.3 Å². The molecule has 0 radical (unpaired) electrons. The molecular weight excluding hydrogens is 250 g/mol. The Morgan fingerprint density at radius 3 is 2.60 bits per heavy atom. The summed E-state index contributed by atoms with van der Waals surface area (Å²) < 4.78 is 5.22. The van der Waals surface area contributed by atoms with Crippen LogP contribution in [0.1, 0.15) is 36.6 Å². The maximum Gasteiger partial charge on any atom is 0.129 e. The van der Waals surface area contributed by atoms with Crippen molar-refractivity contribution in [1.82, 2.24) is 9.97 Å². The van der Waals surface area contributed by atoms with E-state index < -0.39 is 0 Å². The van der Waals surface area contributed by atoms with E-state index in [1.54, 1.807) is 13.4 Å². The fourth-order valence-corrected chi connectivity index (χ4v) is 2.00. The van der Waals surface area contributed by atoms with E-state index in [0.717, 1.165) is 18.1 Å². The van der Waals surface area contributed by atoms with Crippen LogP contribution in [0.2, 0.25) is 0 Å². The molecule has 20 heavy (non-hydrogen) atoms. The van der Waals surface area contributed by atoms with Gasteiger partial charge in [0.2, 0.25) is 0 Å². The minimum absolute atomic E-state index is 0.402. The largest absolute Gasteiger partial charge is 0.380 e. The number of hydrogen-bond acceptors (Lipinski definition) is 4. The molecule has 1 aromatic heterocycles. The minimum atomic E-state index is 0.402. The van der Waals surface area contributed by atoms with E-state index in [-0.39, 0.29) is 0 Å². The van der Waals surface area contributed by atoms with Crippen molar-refractivity contribution in [3.63, 3.8) is 0 Å². The molecule has 2 rings (SSSR count). The van der Waals surface area contributed by atoms with Crippen LogP contribution >= 0.6 is 0 Å². The molecule has 0 bridgehead atoms. The summed E-state index contributed by atoms with van der Waals surface area (Å²) in [6.45, 7) is 5.60. The third-order valence-corrected chi connectivity index (χ3v) is 3.16. The van der Waals surface area contributed by atoms with Gasteiger partial charge in [-0.2, -0.15) is 0 Å². The Morgan fingerprint density at radius 2 is 1.90 bits per heavy atom. The Kier molecular flexibility index (Phi) is 5.07. The Balaban J connectivity index is 2.07. The van der Waals surface area contributed by atoms with Crippen LogP contribution in [0, 0.1) is 0 Å². The lowest BCUT2D eigenvalue weighted by atomic mass is 10.1. The van der Waals surface area contributed by atoms with Crippen molar-refractivity contribution in [3.05, 3.63) is 53.5 Å². The summed E-state index contributed by atoms with van der Waals surface area (Å²) in [7, 11) is 1.71. The molecule has 106 valence electrons. The summed E-state index contributed by atoms with van der Waals surface area (Å²) >= 11 is 0. The number of methoxy groups -OCH3 is 1. The number of nitrogens with zero attached hydrogens (tertiary/aromatic N) is 2. The molecule has 0 aliphatic rings. The highest BCUT2D eigenvalue weighted by Gasteiger charge is 2.04. The summed E-state index contributed by atoms with van der Waals surface area (Å²) in [4.78, 5) is 8.53. The average Bonchev–Trinajstić information content (AvgIpc) is 2.47. The molecule has 4 nitrogen and oxygen atoms in total. The number of aromatic nitrogens is 2. The van der Waals surface area contributed by atoms with Gasteiger partial charge in [-0.1, -0.05) is 38.1 Å². The Hall–Kier alpha value is -1.94. The summed E-state index contributed by atoms with van der Waals surface area (Å²) in [6, 6.07) is 10.3. The molecule has 2 aromatic rings. The fourth-order valence-electron chi connectivity index (χ4n) is 2.00. The molecule has 0 aliphatic carbocycles. The molecule has 0 atom stereocenters. The molecule has 0 amide bonds. The van der Waals surface area contributed by atoms with E-state index in [1.807, 2.05) is 18.2 Å². The fraction of sp³-hybridized carbons (Fsp3) is 0.375. The zero-order chi connectivity index (χ0) is 14.4. The lowest BCUT2D eigenvalue weighted by molar-refractivity contribution is 0.184. The van der Waals surface area contributed by atoms with E-state index >= 15 is 0 Å². The molecule has 1 N–H and O–H groups in total. The van der Waals surface area contributed by atoms with Crippen LogP contribution in [-0.4, -0.2) is 17.1 Å². The van der Waals surface area contributed by atoms with Crippen LogP contribution in [0.3, 0.4) is 0 Å². The van der Waals surface area contributed by atoms with Crippen molar-refractivity contribution in [2.45, 2.75) is 32.9 Å². The Morgan fingerprint density at radius 1 is 1.15 bits per heavy atom. The van der Waals surface area contributed by atoms with Gasteiger partial charge >= 0.3 is 0 Å². The van der Waals surface area contributed by atoms with Gasteiger partial charge in [0.15, 0.2) is 0 Å². The standard InChI is InChI=1S/C16H21N3O/c1-12(2)15-8-16(19-11-18-15)17-9-13-6-4-5-7-14(13)10-20-3/h4-8,11-12H,9-10H2,1-3H3,(H,17,18,19). The molecule has 1 aromatic carbocycles. The van der Waals surface area contributed by atoms with E-state index in [1.165, 1.54) is 11.1 Å². The van der Waals surface area contributed by atoms with Crippen LogP contribution in [-0.2, 0) is 17.9 Å². The first-order valence-corrected chi connectivity index (χ1v) is 6.82. The summed E-state index contributed by atoms with van der Waals surface area (Å²) in [5, 5.41) is 3.35. The summed E-state index contributed by atoms with van der Waals surface area (Å²) in [5.41, 5.74) is 3.47. The Bertz CT molecular complexity index is 555. The number of hydrogen-bond donors (Lipinski definition) is 1. The molecule has 4 heteroatoms. The van der Waals surface area contributed by atoms with Crippen molar-refractivity contribution in [2.24, 2.45) is 0 Å². The number of rotatable bonds is 6. The van der Waals surface area contributed by atoms with Crippen LogP contribution < -0.4 is 5.32 Å². The highest BCUT2D eigenvalue weighted by molar-refractivity contribution is 5.38.